The van der Waals surface area contributed by atoms with E-state index >= 15 is 0 Å². The van der Waals surface area contributed by atoms with E-state index in [1.807, 2.05) is 61.0 Å². The topological polar surface area (TPSA) is 84.7 Å². The number of aromatic nitrogens is 2. The third-order valence-corrected chi connectivity index (χ3v) is 6.48. The highest BCUT2D eigenvalue weighted by atomic mass is 16.5. The van der Waals surface area contributed by atoms with E-state index in [9.17, 15) is 14.7 Å². The number of nitrogens with zero attached hydrogens (tertiary/aromatic N) is 3. The molecule has 2 aliphatic rings. The Hall–Kier alpha value is -3.87. The molecule has 0 unspecified atom stereocenters. The van der Waals surface area contributed by atoms with Crippen LogP contribution in [0.5, 0.6) is 5.75 Å². The average molecular weight is 458 g/mol. The molecular formula is C27H27N3O4. The molecule has 2 aromatic carbocycles. The number of imidazole rings is 1. The second-order valence-corrected chi connectivity index (χ2v) is 9.01. The summed E-state index contributed by atoms with van der Waals surface area (Å²) in [5, 5.41) is 11.3. The molecule has 1 fully saturated rings. The second-order valence-electron chi connectivity index (χ2n) is 9.01. The third kappa shape index (κ3) is 3.98. The van der Waals surface area contributed by atoms with Gasteiger partial charge in [-0.1, -0.05) is 29.8 Å². The highest BCUT2D eigenvalue weighted by molar-refractivity contribution is 6.46. The van der Waals surface area contributed by atoms with Crippen molar-refractivity contribution in [3.63, 3.8) is 0 Å². The summed E-state index contributed by atoms with van der Waals surface area (Å²) in [6.07, 6.45) is 6.76. The number of carbonyl (C=O) groups excluding carboxylic acids is 2. The third-order valence-electron chi connectivity index (χ3n) is 6.48. The van der Waals surface area contributed by atoms with Crippen molar-refractivity contribution in [3.8, 4) is 5.75 Å². The van der Waals surface area contributed by atoms with Gasteiger partial charge >= 0.3 is 0 Å². The number of benzene rings is 2. The van der Waals surface area contributed by atoms with Gasteiger partial charge in [-0.25, -0.2) is 4.98 Å². The lowest BCUT2D eigenvalue weighted by Crippen LogP contribution is -2.31. The van der Waals surface area contributed by atoms with Gasteiger partial charge in [-0.2, -0.15) is 0 Å². The van der Waals surface area contributed by atoms with Crippen LogP contribution in [-0.2, 0) is 22.6 Å². The normalized spacial score (nSPS) is 21.1. The molecular weight excluding hydrogens is 430 g/mol. The first-order chi connectivity index (χ1) is 16.4. The maximum atomic E-state index is 13.2. The number of carbonyl (C=O) groups is 2. The van der Waals surface area contributed by atoms with Crippen LogP contribution in [0.4, 0.5) is 0 Å². The van der Waals surface area contributed by atoms with Gasteiger partial charge in [-0.3, -0.25) is 9.59 Å². The molecule has 0 radical (unpaired) electrons. The number of fused-ring (bicyclic) bond motifs is 1. The van der Waals surface area contributed by atoms with Crippen LogP contribution in [0.25, 0.3) is 5.76 Å². The Labute approximate surface area is 198 Å². The fourth-order valence-electron chi connectivity index (χ4n) is 4.77. The molecule has 1 saturated heterocycles. The van der Waals surface area contributed by atoms with Crippen LogP contribution in [0, 0.1) is 6.92 Å². The molecule has 1 N–H and O–H groups in total. The van der Waals surface area contributed by atoms with E-state index in [0.29, 0.717) is 25.1 Å². The zero-order valence-electron chi connectivity index (χ0n) is 19.3. The highest BCUT2D eigenvalue weighted by Gasteiger charge is 2.45. The quantitative estimate of drug-likeness (QED) is 0.343. The second kappa shape index (κ2) is 8.82. The number of rotatable bonds is 6. The molecule has 1 aromatic heterocycles. The molecule has 7 nitrogen and oxygen atoms in total. The van der Waals surface area contributed by atoms with Gasteiger partial charge in [0.2, 0.25) is 0 Å². The number of amides is 1. The molecule has 0 aliphatic carbocycles. The number of hydrogen-bond acceptors (Lipinski definition) is 5. The largest absolute Gasteiger partial charge is 0.507 e. The fourth-order valence-corrected chi connectivity index (χ4v) is 4.77. The van der Waals surface area contributed by atoms with Gasteiger partial charge in [0.25, 0.3) is 11.7 Å². The predicted molar refractivity (Wildman–Crippen MR) is 127 cm³/mol. The molecule has 34 heavy (non-hydrogen) atoms. The summed E-state index contributed by atoms with van der Waals surface area (Å²) in [7, 11) is 0. The highest BCUT2D eigenvalue weighted by Crippen LogP contribution is 2.40. The molecule has 0 spiro atoms. The Morgan fingerprint density at radius 2 is 1.94 bits per heavy atom. The Morgan fingerprint density at radius 3 is 2.68 bits per heavy atom. The Kier molecular flexibility index (Phi) is 5.69. The molecule has 174 valence electrons. The summed E-state index contributed by atoms with van der Waals surface area (Å²) in [5.74, 6) is -0.603. The molecule has 7 heteroatoms. The number of aliphatic hydroxyl groups is 1. The SMILES string of the molecule is Cc1ccc([C@H]2/C(=C(\O)c3ccc4c(c3)C[C@@H](C)O4)C(=O)C(=O)N2CCCn2ccnc2)cc1. The van der Waals surface area contributed by atoms with E-state index in [2.05, 4.69) is 4.98 Å². The molecule has 0 bridgehead atoms. The zero-order valence-corrected chi connectivity index (χ0v) is 19.3. The minimum absolute atomic E-state index is 0.0704. The Balaban J connectivity index is 1.52. The molecule has 2 aliphatic heterocycles. The molecule has 0 saturated carbocycles. The first kappa shape index (κ1) is 21.9. The minimum atomic E-state index is -0.657. The summed E-state index contributed by atoms with van der Waals surface area (Å²) in [6.45, 7) is 5.03. The van der Waals surface area contributed by atoms with Crippen molar-refractivity contribution in [3.05, 3.63) is 89.0 Å². The molecule has 1 amide bonds. The molecule has 3 heterocycles. The van der Waals surface area contributed by atoms with Crippen LogP contribution in [0.1, 0.15) is 41.6 Å². The molecule has 5 rings (SSSR count). The van der Waals surface area contributed by atoms with Gasteiger partial charge in [0.1, 0.15) is 17.6 Å². The maximum Gasteiger partial charge on any atom is 0.295 e. The molecule has 2 atom stereocenters. The van der Waals surface area contributed by atoms with E-state index < -0.39 is 17.7 Å². The fraction of sp³-hybridized carbons (Fsp3) is 0.296. The van der Waals surface area contributed by atoms with Crippen molar-refractivity contribution in [2.24, 2.45) is 0 Å². The van der Waals surface area contributed by atoms with E-state index in [-0.39, 0.29) is 17.4 Å². The Morgan fingerprint density at radius 1 is 1.15 bits per heavy atom. The van der Waals surface area contributed by atoms with E-state index in [1.54, 1.807) is 23.5 Å². The number of aryl methyl sites for hydroxylation is 2. The summed E-state index contributed by atoms with van der Waals surface area (Å²) < 4.78 is 7.70. The average Bonchev–Trinajstić information content (AvgIpc) is 3.53. The van der Waals surface area contributed by atoms with Crippen molar-refractivity contribution in [1.82, 2.24) is 14.5 Å². The monoisotopic (exact) mass is 457 g/mol. The first-order valence-corrected chi connectivity index (χ1v) is 11.5. The number of aliphatic hydroxyl groups excluding tert-OH is 1. The molecule has 3 aromatic rings. The van der Waals surface area contributed by atoms with Gasteiger partial charge < -0.3 is 19.3 Å². The van der Waals surface area contributed by atoms with Crippen molar-refractivity contribution in [2.45, 2.75) is 45.4 Å². The first-order valence-electron chi connectivity index (χ1n) is 11.5. The van der Waals surface area contributed by atoms with Gasteiger partial charge in [0.15, 0.2) is 0 Å². The summed E-state index contributed by atoms with van der Waals surface area (Å²) in [4.78, 5) is 32.0. The lowest BCUT2D eigenvalue weighted by molar-refractivity contribution is -0.139. The van der Waals surface area contributed by atoms with Crippen LogP contribution in [0.3, 0.4) is 0 Å². The van der Waals surface area contributed by atoms with Crippen LogP contribution in [-0.4, -0.2) is 43.9 Å². The number of hydrogen-bond donors (Lipinski definition) is 1. The van der Waals surface area contributed by atoms with Crippen molar-refractivity contribution < 1.29 is 19.4 Å². The van der Waals surface area contributed by atoms with Crippen LogP contribution >= 0.6 is 0 Å². The number of ether oxygens (including phenoxy) is 1. The van der Waals surface area contributed by atoms with E-state index in [4.69, 9.17) is 4.74 Å². The van der Waals surface area contributed by atoms with Gasteiger partial charge in [0, 0.05) is 37.5 Å². The lowest BCUT2D eigenvalue weighted by Gasteiger charge is -2.25. The Bertz CT molecular complexity index is 1260. The maximum absolute atomic E-state index is 13.2. The summed E-state index contributed by atoms with van der Waals surface area (Å²) in [5.41, 5.74) is 3.51. The van der Waals surface area contributed by atoms with Gasteiger partial charge in [-0.05, 0) is 49.6 Å². The van der Waals surface area contributed by atoms with Crippen molar-refractivity contribution >= 4 is 17.4 Å². The number of ketones is 1. The van der Waals surface area contributed by atoms with Crippen LogP contribution in [0.2, 0.25) is 0 Å². The van der Waals surface area contributed by atoms with E-state index in [1.165, 1.54) is 0 Å². The standard InChI is InChI=1S/C27H27N3O4/c1-17-4-6-19(7-5-17)24-23(25(31)20-8-9-22-21(15-20)14-18(2)34-22)26(32)27(33)30(24)12-3-11-29-13-10-28-16-29/h4-10,13,15-16,18,24,31H,3,11-12,14H2,1-2H3/b25-23+/t18-,24+/m1/s1. The summed E-state index contributed by atoms with van der Waals surface area (Å²) >= 11 is 0. The van der Waals surface area contributed by atoms with Gasteiger partial charge in [0.05, 0.1) is 17.9 Å². The van der Waals surface area contributed by atoms with Crippen molar-refractivity contribution in [1.29, 1.82) is 0 Å². The lowest BCUT2D eigenvalue weighted by atomic mass is 9.94. The van der Waals surface area contributed by atoms with Gasteiger partial charge in [-0.15, -0.1) is 0 Å². The number of Topliss-reactive ketones (excluding diaryl/α,β-unsaturated/α-hetero) is 1. The minimum Gasteiger partial charge on any atom is -0.507 e. The van der Waals surface area contributed by atoms with Crippen molar-refractivity contribution in [2.75, 3.05) is 6.54 Å². The number of likely N-dealkylation sites (tertiary alicyclic amines) is 1. The zero-order chi connectivity index (χ0) is 23.8. The van der Waals surface area contributed by atoms with Crippen LogP contribution < -0.4 is 4.74 Å². The smallest absolute Gasteiger partial charge is 0.295 e. The van der Waals surface area contributed by atoms with E-state index in [0.717, 1.165) is 28.9 Å². The predicted octanol–water partition coefficient (Wildman–Crippen LogP) is 4.03. The summed E-state index contributed by atoms with van der Waals surface area (Å²) in [6, 6.07) is 12.5. The van der Waals surface area contributed by atoms with Crippen LogP contribution in [0.15, 0.2) is 66.8 Å².